The zero-order valence-corrected chi connectivity index (χ0v) is 17.9. The van der Waals surface area contributed by atoms with Gasteiger partial charge in [0.25, 0.3) is 5.91 Å². The lowest BCUT2D eigenvalue weighted by atomic mass is 9.96. The van der Waals surface area contributed by atoms with E-state index in [2.05, 4.69) is 26.2 Å². The summed E-state index contributed by atoms with van der Waals surface area (Å²) < 4.78 is 6.34. The Bertz CT molecular complexity index is 856. The van der Waals surface area contributed by atoms with Gasteiger partial charge in [-0.2, -0.15) is 0 Å². The van der Waals surface area contributed by atoms with Crippen molar-refractivity contribution in [3.63, 3.8) is 0 Å². The molecule has 9 heteroatoms. The van der Waals surface area contributed by atoms with Gasteiger partial charge < -0.3 is 15.0 Å². The van der Waals surface area contributed by atoms with Gasteiger partial charge in [-0.3, -0.25) is 9.59 Å². The molecule has 1 fully saturated rings. The van der Waals surface area contributed by atoms with E-state index in [1.807, 2.05) is 6.07 Å². The summed E-state index contributed by atoms with van der Waals surface area (Å²) >= 11 is 15.3. The highest BCUT2D eigenvalue weighted by atomic mass is 79.9. The minimum absolute atomic E-state index is 0.0797. The number of nitrogens with zero attached hydrogens (tertiary/aromatic N) is 2. The molecule has 1 N–H and O–H groups in total. The SMILES string of the molecule is O=C(Nc1ccc(Br)cn1)C1CCN(C(=O)COc2cc(Cl)ccc2Cl)CC1. The lowest BCUT2D eigenvalue weighted by molar-refractivity contribution is -0.136. The predicted molar refractivity (Wildman–Crippen MR) is 112 cm³/mol. The van der Waals surface area contributed by atoms with Gasteiger partial charge in [0, 0.05) is 40.8 Å². The molecule has 0 spiro atoms. The molecule has 0 bridgehead atoms. The topological polar surface area (TPSA) is 71.5 Å². The van der Waals surface area contributed by atoms with Crippen molar-refractivity contribution in [3.05, 3.63) is 51.0 Å². The van der Waals surface area contributed by atoms with Crippen LogP contribution in [0.3, 0.4) is 0 Å². The fourth-order valence-electron chi connectivity index (χ4n) is 2.89. The Balaban J connectivity index is 1.46. The number of piperidine rings is 1. The van der Waals surface area contributed by atoms with E-state index in [-0.39, 0.29) is 24.3 Å². The Hall–Kier alpha value is -1.83. The number of aromatic nitrogens is 1. The molecular weight excluding hydrogens is 469 g/mol. The van der Waals surface area contributed by atoms with Gasteiger partial charge in [0.2, 0.25) is 5.91 Å². The summed E-state index contributed by atoms with van der Waals surface area (Å²) in [6, 6.07) is 8.39. The van der Waals surface area contributed by atoms with E-state index in [0.717, 1.165) is 4.47 Å². The van der Waals surface area contributed by atoms with Gasteiger partial charge in [-0.05, 0) is 53.0 Å². The Morgan fingerprint density at radius 2 is 1.96 bits per heavy atom. The maximum Gasteiger partial charge on any atom is 0.260 e. The first-order chi connectivity index (χ1) is 13.4. The Morgan fingerprint density at radius 1 is 1.21 bits per heavy atom. The number of pyridine rings is 1. The minimum Gasteiger partial charge on any atom is -0.482 e. The molecule has 3 rings (SSSR count). The smallest absolute Gasteiger partial charge is 0.260 e. The second-order valence-corrected chi connectivity index (χ2v) is 8.13. The summed E-state index contributed by atoms with van der Waals surface area (Å²) in [7, 11) is 0. The van der Waals surface area contributed by atoms with Crippen LogP contribution in [0.4, 0.5) is 5.82 Å². The first kappa shape index (κ1) is 20.9. The highest BCUT2D eigenvalue weighted by molar-refractivity contribution is 9.10. The molecule has 0 atom stereocenters. The fraction of sp³-hybridized carbons (Fsp3) is 0.316. The Kier molecular flexibility index (Phi) is 7.15. The fourth-order valence-corrected chi connectivity index (χ4v) is 3.46. The number of benzene rings is 1. The number of hydrogen-bond acceptors (Lipinski definition) is 4. The lowest BCUT2D eigenvalue weighted by Gasteiger charge is -2.31. The average molecular weight is 487 g/mol. The maximum atomic E-state index is 12.4. The molecule has 1 aromatic heterocycles. The molecule has 0 unspecified atom stereocenters. The molecule has 0 aliphatic carbocycles. The summed E-state index contributed by atoms with van der Waals surface area (Å²) in [6.45, 7) is 0.869. The van der Waals surface area contributed by atoms with E-state index < -0.39 is 0 Å². The number of nitrogens with one attached hydrogen (secondary N) is 1. The Morgan fingerprint density at radius 3 is 2.64 bits per heavy atom. The first-order valence-corrected chi connectivity index (χ1v) is 10.3. The third kappa shape index (κ3) is 5.59. The molecular formula is C19H18BrCl2N3O3. The van der Waals surface area contributed by atoms with Gasteiger partial charge in [-0.15, -0.1) is 0 Å². The molecule has 1 aliphatic rings. The average Bonchev–Trinajstić information content (AvgIpc) is 2.70. The summed E-state index contributed by atoms with van der Waals surface area (Å²) in [5, 5.41) is 3.70. The predicted octanol–water partition coefficient (Wildman–Crippen LogP) is 4.41. The number of ether oxygens (including phenoxy) is 1. The molecule has 148 valence electrons. The first-order valence-electron chi connectivity index (χ1n) is 8.70. The largest absolute Gasteiger partial charge is 0.482 e. The van der Waals surface area contributed by atoms with Crippen LogP contribution in [0.15, 0.2) is 41.0 Å². The van der Waals surface area contributed by atoms with Crippen molar-refractivity contribution >= 4 is 56.8 Å². The van der Waals surface area contributed by atoms with E-state index in [0.29, 0.717) is 47.5 Å². The molecule has 0 radical (unpaired) electrons. The van der Waals surface area contributed by atoms with Crippen LogP contribution in [-0.2, 0) is 9.59 Å². The number of likely N-dealkylation sites (tertiary alicyclic amines) is 1. The number of carbonyl (C=O) groups excluding carboxylic acids is 2. The van der Waals surface area contributed by atoms with Crippen LogP contribution in [0.25, 0.3) is 0 Å². The Labute approximate surface area is 181 Å². The third-order valence-electron chi connectivity index (χ3n) is 4.44. The molecule has 1 saturated heterocycles. The van der Waals surface area contributed by atoms with Crippen LogP contribution < -0.4 is 10.1 Å². The van der Waals surface area contributed by atoms with Crippen LogP contribution >= 0.6 is 39.1 Å². The zero-order valence-electron chi connectivity index (χ0n) is 14.8. The highest BCUT2D eigenvalue weighted by Crippen LogP contribution is 2.28. The van der Waals surface area contributed by atoms with Crippen molar-refractivity contribution in [2.75, 3.05) is 25.0 Å². The molecule has 2 amide bonds. The van der Waals surface area contributed by atoms with Crippen LogP contribution in [0.1, 0.15) is 12.8 Å². The normalized spacial score (nSPS) is 14.6. The molecule has 2 heterocycles. The summed E-state index contributed by atoms with van der Waals surface area (Å²) in [4.78, 5) is 30.6. The molecule has 1 aliphatic heterocycles. The molecule has 1 aromatic carbocycles. The minimum atomic E-state index is -0.155. The van der Waals surface area contributed by atoms with Crippen LogP contribution in [0, 0.1) is 5.92 Å². The zero-order chi connectivity index (χ0) is 20.1. The van der Waals surface area contributed by atoms with Gasteiger partial charge >= 0.3 is 0 Å². The van der Waals surface area contributed by atoms with Crippen LogP contribution in [0.2, 0.25) is 10.0 Å². The van der Waals surface area contributed by atoms with Crippen molar-refractivity contribution in [1.82, 2.24) is 9.88 Å². The van der Waals surface area contributed by atoms with E-state index in [4.69, 9.17) is 27.9 Å². The van der Waals surface area contributed by atoms with Gasteiger partial charge in [-0.25, -0.2) is 4.98 Å². The summed E-state index contributed by atoms with van der Waals surface area (Å²) in [5.74, 6) is 0.503. The standard InChI is InChI=1S/C19H18BrCl2N3O3/c20-13-1-4-17(23-10-13)24-19(27)12-5-7-25(8-6-12)18(26)11-28-16-9-14(21)2-3-15(16)22/h1-4,9-10,12H,5-8,11H2,(H,23,24,27). The number of hydrogen-bond donors (Lipinski definition) is 1. The number of amides is 2. The number of rotatable bonds is 5. The summed E-state index contributed by atoms with van der Waals surface area (Å²) in [5.41, 5.74) is 0. The lowest BCUT2D eigenvalue weighted by Crippen LogP contribution is -2.43. The van der Waals surface area contributed by atoms with Crippen molar-refractivity contribution in [3.8, 4) is 5.75 Å². The second kappa shape index (κ2) is 9.58. The van der Waals surface area contributed by atoms with E-state index >= 15 is 0 Å². The van der Waals surface area contributed by atoms with E-state index in [1.54, 1.807) is 35.4 Å². The molecule has 6 nitrogen and oxygen atoms in total. The van der Waals surface area contributed by atoms with Gasteiger partial charge in [-0.1, -0.05) is 23.2 Å². The van der Waals surface area contributed by atoms with Crippen LogP contribution in [-0.4, -0.2) is 41.4 Å². The van der Waals surface area contributed by atoms with Crippen molar-refractivity contribution in [2.45, 2.75) is 12.8 Å². The quantitative estimate of drug-likeness (QED) is 0.679. The van der Waals surface area contributed by atoms with E-state index in [9.17, 15) is 9.59 Å². The number of anilines is 1. The van der Waals surface area contributed by atoms with Gasteiger partial charge in [0.1, 0.15) is 11.6 Å². The van der Waals surface area contributed by atoms with Gasteiger partial charge in [0.05, 0.1) is 5.02 Å². The number of halogens is 3. The van der Waals surface area contributed by atoms with Gasteiger partial charge in [0.15, 0.2) is 6.61 Å². The highest BCUT2D eigenvalue weighted by Gasteiger charge is 2.27. The van der Waals surface area contributed by atoms with Crippen molar-refractivity contribution < 1.29 is 14.3 Å². The maximum absolute atomic E-state index is 12.4. The third-order valence-corrected chi connectivity index (χ3v) is 5.46. The summed E-state index contributed by atoms with van der Waals surface area (Å²) in [6.07, 6.45) is 2.81. The second-order valence-electron chi connectivity index (χ2n) is 6.37. The molecule has 2 aromatic rings. The molecule has 28 heavy (non-hydrogen) atoms. The van der Waals surface area contributed by atoms with E-state index in [1.165, 1.54) is 0 Å². The van der Waals surface area contributed by atoms with Crippen molar-refractivity contribution in [2.24, 2.45) is 5.92 Å². The number of carbonyl (C=O) groups is 2. The molecule has 0 saturated carbocycles. The monoisotopic (exact) mass is 485 g/mol. The van der Waals surface area contributed by atoms with Crippen LogP contribution in [0.5, 0.6) is 5.75 Å². The van der Waals surface area contributed by atoms with Crippen molar-refractivity contribution in [1.29, 1.82) is 0 Å².